The van der Waals surface area contributed by atoms with Crippen molar-refractivity contribution in [3.8, 4) is 5.75 Å². The number of rotatable bonds is 6. The Morgan fingerprint density at radius 1 is 1.40 bits per heavy atom. The Hall–Kier alpha value is -0.980. The van der Waals surface area contributed by atoms with Crippen LogP contribution in [0, 0.1) is 0 Å². The van der Waals surface area contributed by atoms with Crippen molar-refractivity contribution in [3.63, 3.8) is 0 Å². The van der Waals surface area contributed by atoms with Gasteiger partial charge in [0.15, 0.2) is 0 Å². The van der Waals surface area contributed by atoms with E-state index in [0.717, 1.165) is 0 Å². The fourth-order valence-corrected chi connectivity index (χ4v) is 2.67. The van der Waals surface area contributed by atoms with E-state index >= 15 is 0 Å². The van der Waals surface area contributed by atoms with Crippen LogP contribution in [0.5, 0.6) is 5.75 Å². The molecule has 1 rings (SSSR count). The molecule has 0 aromatic heterocycles. The highest BCUT2D eigenvalue weighted by atomic mass is 35.7. The van der Waals surface area contributed by atoms with Crippen LogP contribution in [0.25, 0.3) is 0 Å². The maximum atomic E-state index is 11.4. The number of hydrogen-bond donors (Lipinski definition) is 1. The van der Waals surface area contributed by atoms with Gasteiger partial charge >= 0.3 is 0 Å². The number of benzene rings is 1. The lowest BCUT2D eigenvalue weighted by atomic mass is 10.3. The first-order chi connectivity index (χ1) is 9.20. The van der Waals surface area contributed by atoms with E-state index < -0.39 is 9.05 Å². The molecule has 112 valence electrons. The van der Waals surface area contributed by atoms with Crippen LogP contribution in [-0.4, -0.2) is 27.0 Å². The number of carbonyl (C=O) groups excluding carboxylic acids is 1. The summed E-state index contributed by atoms with van der Waals surface area (Å²) >= 11 is 5.72. The van der Waals surface area contributed by atoms with Gasteiger partial charge in [-0.2, -0.15) is 0 Å². The van der Waals surface area contributed by atoms with Gasteiger partial charge in [-0.05, 0) is 32.0 Å². The van der Waals surface area contributed by atoms with E-state index in [-0.39, 0.29) is 40.6 Å². The van der Waals surface area contributed by atoms with Gasteiger partial charge in [-0.1, -0.05) is 11.6 Å². The Morgan fingerprint density at radius 3 is 2.60 bits per heavy atom. The molecule has 0 radical (unpaired) electrons. The molecule has 0 aliphatic heterocycles. The van der Waals surface area contributed by atoms with Crippen LogP contribution in [0.2, 0.25) is 5.02 Å². The molecule has 1 aromatic rings. The van der Waals surface area contributed by atoms with E-state index in [0.29, 0.717) is 0 Å². The van der Waals surface area contributed by atoms with Crippen LogP contribution in [-0.2, 0) is 13.8 Å². The monoisotopic (exact) mass is 339 g/mol. The molecule has 5 nitrogen and oxygen atoms in total. The number of carbonyl (C=O) groups is 1. The van der Waals surface area contributed by atoms with Gasteiger partial charge in [-0.3, -0.25) is 4.79 Å². The molecule has 0 saturated heterocycles. The summed E-state index contributed by atoms with van der Waals surface area (Å²) in [6, 6.07) is 4.12. The third-order valence-corrected chi connectivity index (χ3v) is 3.78. The summed E-state index contributed by atoms with van der Waals surface area (Å²) in [5.41, 5.74) is 0. The van der Waals surface area contributed by atoms with Gasteiger partial charge < -0.3 is 10.1 Å². The van der Waals surface area contributed by atoms with Crippen molar-refractivity contribution in [2.75, 3.05) is 6.61 Å². The molecule has 1 amide bonds. The third kappa shape index (κ3) is 5.56. The van der Waals surface area contributed by atoms with Crippen LogP contribution >= 0.6 is 22.3 Å². The molecule has 1 aromatic carbocycles. The van der Waals surface area contributed by atoms with Gasteiger partial charge in [0.05, 0.1) is 13.0 Å². The molecule has 1 N–H and O–H groups in total. The minimum absolute atomic E-state index is 0.0387. The largest absolute Gasteiger partial charge is 0.492 e. The Balaban J connectivity index is 2.72. The fourth-order valence-electron chi connectivity index (χ4n) is 1.44. The summed E-state index contributed by atoms with van der Waals surface area (Å²) in [6.45, 7) is 3.73. The second-order valence-corrected chi connectivity index (χ2v) is 7.32. The van der Waals surface area contributed by atoms with E-state index in [1.807, 2.05) is 13.8 Å². The van der Waals surface area contributed by atoms with Gasteiger partial charge in [-0.15, -0.1) is 0 Å². The summed E-state index contributed by atoms with van der Waals surface area (Å²) in [7, 11) is 1.34. The van der Waals surface area contributed by atoms with E-state index in [2.05, 4.69) is 5.32 Å². The Kier molecular flexibility index (Phi) is 6.10. The number of ether oxygens (including phenoxy) is 1. The van der Waals surface area contributed by atoms with Gasteiger partial charge in [0.1, 0.15) is 10.6 Å². The molecule has 0 aliphatic rings. The Labute approximate surface area is 127 Å². The minimum Gasteiger partial charge on any atom is -0.492 e. The van der Waals surface area contributed by atoms with Gasteiger partial charge in [-0.25, -0.2) is 8.42 Å². The first-order valence-electron chi connectivity index (χ1n) is 5.86. The molecular formula is C12H15Cl2NO4S. The quantitative estimate of drug-likeness (QED) is 0.808. The predicted molar refractivity (Wildman–Crippen MR) is 77.9 cm³/mol. The van der Waals surface area contributed by atoms with Crippen molar-refractivity contribution in [2.24, 2.45) is 0 Å². The first kappa shape index (κ1) is 17.1. The Morgan fingerprint density at radius 2 is 2.05 bits per heavy atom. The maximum absolute atomic E-state index is 11.4. The zero-order valence-corrected chi connectivity index (χ0v) is 13.3. The topological polar surface area (TPSA) is 72.5 Å². The molecule has 0 saturated carbocycles. The smallest absolute Gasteiger partial charge is 0.265 e. The van der Waals surface area contributed by atoms with Gasteiger partial charge in [0, 0.05) is 21.7 Å². The van der Waals surface area contributed by atoms with E-state index in [1.54, 1.807) is 0 Å². The van der Waals surface area contributed by atoms with Crippen LogP contribution in [0.4, 0.5) is 0 Å². The molecule has 8 heteroatoms. The zero-order chi connectivity index (χ0) is 15.3. The fraction of sp³-hybridized carbons (Fsp3) is 0.417. The Bertz CT molecular complexity index is 587. The summed E-state index contributed by atoms with van der Waals surface area (Å²) in [5, 5.41) is 2.93. The second-order valence-electron chi connectivity index (χ2n) is 4.35. The minimum atomic E-state index is -3.96. The normalized spacial score (nSPS) is 11.4. The summed E-state index contributed by atoms with van der Waals surface area (Å²) in [6.07, 6.45) is 0.114. The van der Waals surface area contributed by atoms with Crippen molar-refractivity contribution in [1.82, 2.24) is 5.32 Å². The summed E-state index contributed by atoms with van der Waals surface area (Å²) in [4.78, 5) is 11.2. The molecule has 0 unspecified atom stereocenters. The van der Waals surface area contributed by atoms with Crippen molar-refractivity contribution in [2.45, 2.75) is 31.2 Å². The SMILES string of the molecule is CC(C)NC(=O)CCOc1ccc(Cl)cc1S(=O)(=O)Cl. The average Bonchev–Trinajstić information content (AvgIpc) is 2.28. The third-order valence-electron chi connectivity index (χ3n) is 2.20. The van der Waals surface area contributed by atoms with Crippen LogP contribution < -0.4 is 10.1 Å². The van der Waals surface area contributed by atoms with E-state index in [1.165, 1.54) is 18.2 Å². The summed E-state index contributed by atoms with van der Waals surface area (Å²) in [5.74, 6) is -0.106. The van der Waals surface area contributed by atoms with Crippen molar-refractivity contribution < 1.29 is 17.9 Å². The highest BCUT2D eigenvalue weighted by Crippen LogP contribution is 2.29. The lowest BCUT2D eigenvalue weighted by Gasteiger charge is -2.11. The highest BCUT2D eigenvalue weighted by Gasteiger charge is 2.17. The zero-order valence-electron chi connectivity index (χ0n) is 11.0. The van der Waals surface area contributed by atoms with Gasteiger partial charge in [0.2, 0.25) is 5.91 Å². The molecule has 0 spiro atoms. The maximum Gasteiger partial charge on any atom is 0.265 e. The molecular weight excluding hydrogens is 325 g/mol. The second kappa shape index (κ2) is 7.15. The lowest BCUT2D eigenvalue weighted by Crippen LogP contribution is -2.31. The van der Waals surface area contributed by atoms with Gasteiger partial charge in [0.25, 0.3) is 9.05 Å². The number of nitrogens with one attached hydrogen (secondary N) is 1. The molecule has 0 atom stereocenters. The first-order valence-corrected chi connectivity index (χ1v) is 8.55. The number of halogens is 2. The molecule has 0 aliphatic carbocycles. The molecule has 0 bridgehead atoms. The van der Waals surface area contributed by atoms with E-state index in [4.69, 9.17) is 27.0 Å². The molecule has 0 heterocycles. The predicted octanol–water partition coefficient (Wildman–Crippen LogP) is 2.56. The van der Waals surface area contributed by atoms with Crippen molar-refractivity contribution >= 4 is 37.2 Å². The number of hydrogen-bond acceptors (Lipinski definition) is 4. The average molecular weight is 340 g/mol. The standard InChI is InChI=1S/C12H15Cl2NO4S/c1-8(2)15-12(16)5-6-19-10-4-3-9(13)7-11(10)20(14,17)18/h3-4,7-8H,5-6H2,1-2H3,(H,15,16). The summed E-state index contributed by atoms with van der Waals surface area (Å²) < 4.78 is 28.1. The van der Waals surface area contributed by atoms with E-state index in [9.17, 15) is 13.2 Å². The van der Waals surface area contributed by atoms with Crippen molar-refractivity contribution in [1.29, 1.82) is 0 Å². The molecule has 0 fully saturated rings. The van der Waals surface area contributed by atoms with Crippen molar-refractivity contribution in [3.05, 3.63) is 23.2 Å². The van der Waals surface area contributed by atoms with Crippen LogP contribution in [0.3, 0.4) is 0 Å². The number of amides is 1. The molecule has 20 heavy (non-hydrogen) atoms. The van der Waals surface area contributed by atoms with Crippen LogP contribution in [0.1, 0.15) is 20.3 Å². The van der Waals surface area contributed by atoms with Crippen LogP contribution in [0.15, 0.2) is 23.1 Å². The lowest BCUT2D eigenvalue weighted by molar-refractivity contribution is -0.122. The highest BCUT2D eigenvalue weighted by molar-refractivity contribution is 8.13.